The zero-order valence-corrected chi connectivity index (χ0v) is 11.5. The summed E-state index contributed by atoms with van der Waals surface area (Å²) in [5.41, 5.74) is -0.309. The number of hydrogen-bond donors (Lipinski definition) is 2. The second kappa shape index (κ2) is 6.00. The minimum absolute atomic E-state index is 0.177. The van der Waals surface area contributed by atoms with Crippen molar-refractivity contribution in [1.29, 1.82) is 0 Å². The Morgan fingerprint density at radius 3 is 2.37 bits per heavy atom. The third-order valence-corrected chi connectivity index (χ3v) is 3.68. The Hall–Kier alpha value is -0.960. The Labute approximate surface area is 117 Å². The van der Waals surface area contributed by atoms with Gasteiger partial charge in [-0.25, -0.2) is 22.3 Å². The van der Waals surface area contributed by atoms with Crippen LogP contribution in [-0.2, 0) is 10.0 Å². The maximum atomic E-state index is 12.0. The second-order valence-corrected chi connectivity index (χ2v) is 5.75. The van der Waals surface area contributed by atoms with Gasteiger partial charge in [-0.15, -0.1) is 0 Å². The van der Waals surface area contributed by atoms with Crippen molar-refractivity contribution >= 4 is 39.1 Å². The fourth-order valence-corrected chi connectivity index (χ4v) is 2.59. The summed E-state index contributed by atoms with van der Waals surface area (Å²) in [6.07, 6.45) is -2.74. The molecular formula is C9H8Cl2F2N2O3S. The van der Waals surface area contributed by atoms with Gasteiger partial charge in [0.1, 0.15) is 4.90 Å². The van der Waals surface area contributed by atoms with Crippen molar-refractivity contribution < 1.29 is 22.0 Å². The van der Waals surface area contributed by atoms with E-state index in [1.165, 1.54) is 0 Å². The number of rotatable bonds is 4. The fraction of sp³-hybridized carbons (Fsp3) is 0.222. The van der Waals surface area contributed by atoms with Gasteiger partial charge in [-0.1, -0.05) is 23.2 Å². The average molecular weight is 333 g/mol. The molecule has 0 aliphatic rings. The summed E-state index contributed by atoms with van der Waals surface area (Å²) in [7, 11) is -4.16. The Morgan fingerprint density at radius 2 is 1.89 bits per heavy atom. The van der Waals surface area contributed by atoms with Gasteiger partial charge in [0.2, 0.25) is 10.0 Å². The number of alkyl halides is 2. The van der Waals surface area contributed by atoms with E-state index in [0.29, 0.717) is 0 Å². The topological polar surface area (TPSA) is 89.3 Å². The van der Waals surface area contributed by atoms with E-state index in [4.69, 9.17) is 28.3 Å². The zero-order chi connectivity index (χ0) is 14.8. The van der Waals surface area contributed by atoms with Gasteiger partial charge < -0.3 is 5.32 Å². The number of nitrogens with one attached hydrogen (secondary N) is 1. The number of amides is 1. The highest BCUT2D eigenvalue weighted by Crippen LogP contribution is 2.27. The van der Waals surface area contributed by atoms with Crippen molar-refractivity contribution in [2.45, 2.75) is 11.3 Å². The monoisotopic (exact) mass is 332 g/mol. The predicted octanol–water partition coefficient (Wildman–Crippen LogP) is 1.64. The molecule has 3 N–H and O–H groups in total. The summed E-state index contributed by atoms with van der Waals surface area (Å²) in [6, 6.07) is 1.83. The highest BCUT2D eigenvalue weighted by atomic mass is 35.5. The number of carbonyl (C=O) groups is 1. The molecule has 5 nitrogen and oxygen atoms in total. The van der Waals surface area contributed by atoms with Crippen LogP contribution in [0.4, 0.5) is 8.78 Å². The van der Waals surface area contributed by atoms with Crippen LogP contribution in [0, 0.1) is 0 Å². The van der Waals surface area contributed by atoms with Gasteiger partial charge in [-0.2, -0.15) is 0 Å². The molecule has 0 unspecified atom stereocenters. The van der Waals surface area contributed by atoms with Crippen molar-refractivity contribution in [1.82, 2.24) is 5.32 Å². The van der Waals surface area contributed by atoms with Crippen molar-refractivity contribution in [3.63, 3.8) is 0 Å². The molecule has 0 heterocycles. The van der Waals surface area contributed by atoms with E-state index in [2.05, 4.69) is 0 Å². The molecule has 0 aromatic heterocycles. The number of benzene rings is 1. The first kappa shape index (κ1) is 16.1. The van der Waals surface area contributed by atoms with Crippen LogP contribution >= 0.6 is 23.2 Å². The van der Waals surface area contributed by atoms with Crippen LogP contribution in [0.5, 0.6) is 0 Å². The van der Waals surface area contributed by atoms with E-state index >= 15 is 0 Å². The standard InChI is InChI=1S/C9H8Cl2F2N2O3S/c10-5-2-6(11)7(19(14,17)18)1-4(5)9(16)15-3-8(12)13/h1-2,8H,3H2,(H,15,16)(H2,14,17,18). The highest BCUT2D eigenvalue weighted by Gasteiger charge is 2.20. The predicted molar refractivity (Wildman–Crippen MR) is 66.2 cm³/mol. The molecule has 1 amide bonds. The van der Waals surface area contributed by atoms with Crippen LogP contribution in [0.25, 0.3) is 0 Å². The summed E-state index contributed by atoms with van der Waals surface area (Å²) >= 11 is 11.3. The van der Waals surface area contributed by atoms with Crippen LogP contribution in [0.3, 0.4) is 0 Å². The summed E-state index contributed by atoms with van der Waals surface area (Å²) in [4.78, 5) is 11.0. The molecule has 19 heavy (non-hydrogen) atoms. The number of hydrogen-bond acceptors (Lipinski definition) is 3. The quantitative estimate of drug-likeness (QED) is 0.878. The van der Waals surface area contributed by atoms with Gasteiger partial charge in [0, 0.05) is 0 Å². The normalized spacial score (nSPS) is 11.7. The summed E-state index contributed by atoms with van der Waals surface area (Å²) in [5, 5.41) is 6.33. The zero-order valence-electron chi connectivity index (χ0n) is 9.16. The van der Waals surface area contributed by atoms with Gasteiger partial charge >= 0.3 is 0 Å². The Morgan fingerprint density at radius 1 is 1.32 bits per heavy atom. The van der Waals surface area contributed by atoms with E-state index in [0.717, 1.165) is 12.1 Å². The SMILES string of the molecule is NS(=O)(=O)c1cc(C(=O)NCC(F)F)c(Cl)cc1Cl. The van der Waals surface area contributed by atoms with Crippen LogP contribution < -0.4 is 10.5 Å². The number of primary sulfonamides is 1. The molecule has 0 atom stereocenters. The Bertz CT molecular complexity index is 608. The van der Waals surface area contributed by atoms with Gasteiger partial charge in [0.05, 0.1) is 22.2 Å². The smallest absolute Gasteiger partial charge is 0.255 e. The van der Waals surface area contributed by atoms with Crippen LogP contribution in [0.1, 0.15) is 10.4 Å². The first-order valence-corrected chi connectivity index (χ1v) is 7.01. The minimum Gasteiger partial charge on any atom is -0.346 e. The molecule has 0 saturated carbocycles. The number of carbonyl (C=O) groups excluding carboxylic acids is 1. The van der Waals surface area contributed by atoms with Crippen LogP contribution in [0.15, 0.2) is 17.0 Å². The lowest BCUT2D eigenvalue weighted by molar-refractivity contribution is 0.0891. The third kappa shape index (κ3) is 4.27. The second-order valence-electron chi connectivity index (χ2n) is 3.41. The van der Waals surface area contributed by atoms with Crippen molar-refractivity contribution in [2.24, 2.45) is 5.14 Å². The molecule has 1 aromatic carbocycles. The lowest BCUT2D eigenvalue weighted by Gasteiger charge is -2.09. The van der Waals surface area contributed by atoms with E-state index in [-0.39, 0.29) is 15.6 Å². The fourth-order valence-electron chi connectivity index (χ4n) is 1.19. The first-order valence-electron chi connectivity index (χ1n) is 4.71. The lowest BCUT2D eigenvalue weighted by atomic mass is 10.2. The van der Waals surface area contributed by atoms with Crippen molar-refractivity contribution in [2.75, 3.05) is 6.54 Å². The highest BCUT2D eigenvalue weighted by molar-refractivity contribution is 7.89. The largest absolute Gasteiger partial charge is 0.346 e. The molecule has 0 saturated heterocycles. The van der Waals surface area contributed by atoms with Gasteiger partial charge in [0.15, 0.2) is 0 Å². The summed E-state index contributed by atoms with van der Waals surface area (Å²) in [6.45, 7) is -0.886. The molecule has 0 fully saturated rings. The van der Waals surface area contributed by atoms with Crippen LogP contribution in [-0.4, -0.2) is 27.3 Å². The number of sulfonamides is 1. The molecule has 0 bridgehead atoms. The van der Waals surface area contributed by atoms with Crippen molar-refractivity contribution in [3.05, 3.63) is 27.7 Å². The van der Waals surface area contributed by atoms with Gasteiger partial charge in [-0.3, -0.25) is 4.79 Å². The molecule has 0 aliphatic carbocycles. The molecular weight excluding hydrogens is 325 g/mol. The molecule has 10 heteroatoms. The van der Waals surface area contributed by atoms with E-state index < -0.39 is 33.8 Å². The maximum Gasteiger partial charge on any atom is 0.255 e. The molecule has 0 spiro atoms. The molecule has 0 radical (unpaired) electrons. The van der Waals surface area contributed by atoms with E-state index in [1.54, 1.807) is 0 Å². The lowest BCUT2D eigenvalue weighted by Crippen LogP contribution is -2.29. The maximum absolute atomic E-state index is 12.0. The molecule has 106 valence electrons. The molecule has 1 rings (SSSR count). The minimum atomic E-state index is -4.16. The van der Waals surface area contributed by atoms with Crippen LogP contribution in [0.2, 0.25) is 10.0 Å². The van der Waals surface area contributed by atoms with Crippen molar-refractivity contribution in [3.8, 4) is 0 Å². The Kier molecular flexibility index (Phi) is 5.08. The number of halogens is 4. The van der Waals surface area contributed by atoms with E-state index in [1.807, 2.05) is 5.32 Å². The number of nitrogens with two attached hydrogens (primary N) is 1. The first-order chi connectivity index (χ1) is 8.62. The third-order valence-electron chi connectivity index (χ3n) is 1.99. The summed E-state index contributed by atoms with van der Waals surface area (Å²) < 4.78 is 46.3. The van der Waals surface area contributed by atoms with E-state index in [9.17, 15) is 22.0 Å². The molecule has 0 aliphatic heterocycles. The Balaban J connectivity index is 3.19. The summed E-state index contributed by atoms with van der Waals surface area (Å²) in [5.74, 6) is -0.952. The molecule has 1 aromatic rings. The average Bonchev–Trinajstić information content (AvgIpc) is 2.24. The van der Waals surface area contributed by atoms with Gasteiger partial charge in [-0.05, 0) is 12.1 Å². The van der Waals surface area contributed by atoms with Gasteiger partial charge in [0.25, 0.3) is 12.3 Å².